The van der Waals surface area contributed by atoms with Crippen molar-refractivity contribution in [1.82, 2.24) is 10.2 Å². The zero-order chi connectivity index (χ0) is 19.2. The molecule has 28 heavy (non-hydrogen) atoms. The van der Waals surface area contributed by atoms with E-state index < -0.39 is 0 Å². The number of hydrogen-bond acceptors (Lipinski definition) is 3. The minimum atomic E-state index is -0.330. The van der Waals surface area contributed by atoms with Crippen LogP contribution in [0.25, 0.3) is 0 Å². The number of nitrogens with zero attached hydrogens (tertiary/aromatic N) is 1. The molecule has 0 bridgehead atoms. The molecule has 0 aliphatic carbocycles. The SMILES string of the molecule is CNC1CCN(C(=O)c2ccc(C)c(NC(=O)Nc3ccccc3)c2)CC1.Cl. The molecule has 0 aromatic heterocycles. The highest BCUT2D eigenvalue weighted by molar-refractivity contribution is 6.02. The van der Waals surface area contributed by atoms with E-state index in [4.69, 9.17) is 0 Å². The van der Waals surface area contributed by atoms with Gasteiger partial charge in [0.25, 0.3) is 5.91 Å². The molecule has 0 saturated carbocycles. The highest BCUT2D eigenvalue weighted by Crippen LogP contribution is 2.20. The Labute approximate surface area is 172 Å². The Kier molecular flexibility index (Phi) is 7.84. The van der Waals surface area contributed by atoms with Crippen LogP contribution in [0.5, 0.6) is 0 Å². The molecule has 1 aliphatic rings. The van der Waals surface area contributed by atoms with Crippen molar-refractivity contribution in [1.29, 1.82) is 0 Å². The summed E-state index contributed by atoms with van der Waals surface area (Å²) >= 11 is 0. The zero-order valence-electron chi connectivity index (χ0n) is 16.2. The van der Waals surface area contributed by atoms with Gasteiger partial charge >= 0.3 is 6.03 Å². The van der Waals surface area contributed by atoms with Crippen molar-refractivity contribution >= 4 is 35.7 Å². The van der Waals surface area contributed by atoms with Crippen molar-refractivity contribution in [2.45, 2.75) is 25.8 Å². The second kappa shape index (κ2) is 10.1. The van der Waals surface area contributed by atoms with Gasteiger partial charge in [0.1, 0.15) is 0 Å². The lowest BCUT2D eigenvalue weighted by Gasteiger charge is -2.32. The molecule has 0 spiro atoms. The summed E-state index contributed by atoms with van der Waals surface area (Å²) in [6, 6.07) is 14.8. The minimum Gasteiger partial charge on any atom is -0.339 e. The largest absolute Gasteiger partial charge is 0.339 e. The first-order valence-corrected chi connectivity index (χ1v) is 9.27. The van der Waals surface area contributed by atoms with Crippen molar-refractivity contribution in [2.75, 3.05) is 30.8 Å². The van der Waals surface area contributed by atoms with Gasteiger partial charge in [-0.2, -0.15) is 0 Å². The molecular weight excluding hydrogens is 376 g/mol. The summed E-state index contributed by atoms with van der Waals surface area (Å²) in [7, 11) is 1.96. The Morgan fingerprint density at radius 2 is 1.68 bits per heavy atom. The van der Waals surface area contributed by atoms with E-state index in [9.17, 15) is 9.59 Å². The smallest absolute Gasteiger partial charge is 0.323 e. The molecule has 3 N–H and O–H groups in total. The predicted octanol–water partition coefficient (Wildman–Crippen LogP) is 3.88. The third-order valence-corrected chi connectivity index (χ3v) is 4.95. The number of para-hydroxylation sites is 1. The van der Waals surface area contributed by atoms with Gasteiger partial charge in [0.15, 0.2) is 0 Å². The van der Waals surface area contributed by atoms with E-state index in [1.54, 1.807) is 6.07 Å². The van der Waals surface area contributed by atoms with Gasteiger partial charge in [-0.3, -0.25) is 4.79 Å². The number of carbonyl (C=O) groups excluding carboxylic acids is 2. The van der Waals surface area contributed by atoms with E-state index in [0.717, 1.165) is 31.5 Å². The number of hydrogen-bond donors (Lipinski definition) is 3. The van der Waals surface area contributed by atoms with E-state index in [0.29, 0.717) is 23.0 Å². The van der Waals surface area contributed by atoms with Crippen LogP contribution >= 0.6 is 12.4 Å². The van der Waals surface area contributed by atoms with Crippen molar-refractivity contribution < 1.29 is 9.59 Å². The maximum Gasteiger partial charge on any atom is 0.323 e. The van der Waals surface area contributed by atoms with Gasteiger partial charge in [0, 0.05) is 36.1 Å². The van der Waals surface area contributed by atoms with Crippen LogP contribution in [0.4, 0.5) is 16.2 Å². The second-order valence-corrected chi connectivity index (χ2v) is 6.83. The molecule has 1 saturated heterocycles. The summed E-state index contributed by atoms with van der Waals surface area (Å²) in [6.07, 6.45) is 1.91. The standard InChI is InChI=1S/C21H26N4O2.ClH/c1-15-8-9-16(20(26)25-12-10-17(22-2)11-13-25)14-19(15)24-21(27)23-18-6-4-3-5-7-18;/h3-9,14,17,22H,10-13H2,1-2H3,(H2,23,24,27);1H. The zero-order valence-corrected chi connectivity index (χ0v) is 17.0. The molecule has 2 aromatic rings. The van der Waals surface area contributed by atoms with Crippen molar-refractivity contribution in [3.63, 3.8) is 0 Å². The molecule has 0 atom stereocenters. The van der Waals surface area contributed by atoms with E-state index >= 15 is 0 Å². The van der Waals surface area contributed by atoms with Crippen LogP contribution in [-0.2, 0) is 0 Å². The average molecular weight is 403 g/mol. The molecule has 2 aromatic carbocycles. The van der Waals surface area contributed by atoms with Crippen molar-refractivity contribution in [3.8, 4) is 0 Å². The van der Waals surface area contributed by atoms with Crippen LogP contribution in [0, 0.1) is 6.92 Å². The number of urea groups is 1. The van der Waals surface area contributed by atoms with Crippen molar-refractivity contribution in [2.24, 2.45) is 0 Å². The normalized spacial score (nSPS) is 14.1. The number of halogens is 1. The third-order valence-electron chi connectivity index (χ3n) is 4.95. The van der Waals surface area contributed by atoms with E-state index in [1.165, 1.54) is 0 Å². The first-order chi connectivity index (χ1) is 13.1. The molecule has 0 unspecified atom stereocenters. The fourth-order valence-electron chi connectivity index (χ4n) is 3.25. The number of amides is 3. The lowest BCUT2D eigenvalue weighted by molar-refractivity contribution is 0.0707. The molecule has 1 heterocycles. The Morgan fingerprint density at radius 3 is 2.32 bits per heavy atom. The lowest BCUT2D eigenvalue weighted by atomic mass is 10.0. The molecule has 0 radical (unpaired) electrons. The Morgan fingerprint density at radius 1 is 1.00 bits per heavy atom. The summed E-state index contributed by atoms with van der Waals surface area (Å²) in [5.41, 5.74) is 2.86. The third kappa shape index (κ3) is 5.47. The lowest BCUT2D eigenvalue weighted by Crippen LogP contribution is -2.43. The number of rotatable bonds is 4. The van der Waals surface area contributed by atoms with Crippen molar-refractivity contribution in [3.05, 3.63) is 59.7 Å². The fraction of sp³-hybridized carbons (Fsp3) is 0.333. The van der Waals surface area contributed by atoms with Gasteiger partial charge in [0.2, 0.25) is 0 Å². The number of nitrogens with one attached hydrogen (secondary N) is 3. The number of benzene rings is 2. The molecule has 150 valence electrons. The molecule has 7 heteroatoms. The molecule has 3 amide bonds. The molecule has 1 fully saturated rings. The number of anilines is 2. The van der Waals surface area contributed by atoms with Crippen LogP contribution in [0.15, 0.2) is 48.5 Å². The number of carbonyl (C=O) groups is 2. The highest BCUT2D eigenvalue weighted by Gasteiger charge is 2.23. The van der Waals surface area contributed by atoms with Gasteiger partial charge < -0.3 is 20.9 Å². The molecule has 3 rings (SSSR count). The maximum absolute atomic E-state index is 12.8. The van der Waals surface area contributed by atoms with E-state index in [1.807, 2.05) is 61.3 Å². The second-order valence-electron chi connectivity index (χ2n) is 6.83. The number of aryl methyl sites for hydroxylation is 1. The monoisotopic (exact) mass is 402 g/mol. The molecule has 1 aliphatic heterocycles. The maximum atomic E-state index is 12.8. The van der Waals surface area contributed by atoms with Gasteiger partial charge in [-0.1, -0.05) is 24.3 Å². The van der Waals surface area contributed by atoms with Crippen LogP contribution in [0.3, 0.4) is 0 Å². The minimum absolute atomic E-state index is 0. The Bertz CT molecular complexity index is 805. The fourth-order valence-corrected chi connectivity index (χ4v) is 3.25. The Balaban J connectivity index is 0.00000280. The number of likely N-dealkylation sites (tertiary alicyclic amines) is 1. The summed E-state index contributed by atoms with van der Waals surface area (Å²) in [5.74, 6) is 0.0103. The average Bonchev–Trinajstić information content (AvgIpc) is 2.70. The van der Waals surface area contributed by atoms with Crippen LogP contribution in [0.2, 0.25) is 0 Å². The topological polar surface area (TPSA) is 73.5 Å². The first-order valence-electron chi connectivity index (χ1n) is 9.27. The van der Waals surface area contributed by atoms with E-state index in [2.05, 4.69) is 16.0 Å². The van der Waals surface area contributed by atoms with Crippen LogP contribution in [0.1, 0.15) is 28.8 Å². The summed E-state index contributed by atoms with van der Waals surface area (Å²) in [6.45, 7) is 3.40. The first kappa shape index (κ1) is 21.7. The van der Waals surface area contributed by atoms with Gasteiger partial charge in [-0.05, 0) is 56.6 Å². The predicted molar refractivity (Wildman–Crippen MR) is 115 cm³/mol. The number of piperidine rings is 1. The van der Waals surface area contributed by atoms with E-state index in [-0.39, 0.29) is 24.3 Å². The van der Waals surface area contributed by atoms with Gasteiger partial charge in [-0.15, -0.1) is 12.4 Å². The van der Waals surface area contributed by atoms with Crippen LogP contribution in [-0.4, -0.2) is 43.0 Å². The van der Waals surface area contributed by atoms with Gasteiger partial charge in [-0.25, -0.2) is 4.79 Å². The molecular formula is C21H27ClN4O2. The summed E-state index contributed by atoms with van der Waals surface area (Å²) in [4.78, 5) is 27.0. The van der Waals surface area contributed by atoms with Crippen LogP contribution < -0.4 is 16.0 Å². The summed E-state index contributed by atoms with van der Waals surface area (Å²) < 4.78 is 0. The quantitative estimate of drug-likeness (QED) is 0.726. The Hall–Kier alpha value is -2.57. The highest BCUT2D eigenvalue weighted by atomic mass is 35.5. The summed E-state index contributed by atoms with van der Waals surface area (Å²) in [5, 5.41) is 8.90. The molecule has 6 nitrogen and oxygen atoms in total. The van der Waals surface area contributed by atoms with Gasteiger partial charge in [0.05, 0.1) is 0 Å².